The molecule has 0 saturated carbocycles. The number of fused-ring (bicyclic) bond motifs is 2. The van der Waals surface area contributed by atoms with Gasteiger partial charge in [-0.3, -0.25) is 14.4 Å². The van der Waals surface area contributed by atoms with Gasteiger partial charge in [0.25, 0.3) is 5.91 Å². The maximum absolute atomic E-state index is 12.5. The molecule has 8 heteroatoms. The fraction of sp³-hybridized carbons (Fsp3) is 0.238. The van der Waals surface area contributed by atoms with Gasteiger partial charge in [0, 0.05) is 11.6 Å². The van der Waals surface area contributed by atoms with Crippen molar-refractivity contribution in [3.05, 3.63) is 53.9 Å². The highest BCUT2D eigenvalue weighted by atomic mass is 16.2. The second-order valence-corrected chi connectivity index (χ2v) is 7.32. The minimum absolute atomic E-state index is 0.177. The fourth-order valence-electron chi connectivity index (χ4n) is 3.23. The summed E-state index contributed by atoms with van der Waals surface area (Å²) >= 11 is 0. The molecule has 3 amide bonds. The standard InChI is InChI=1S/C21H21N5O3/c1-11(2)19-23-15-8-7-12(9-16(15)24-19)22-18(27)10-17-21(29)25-14-6-4-3-5-13(14)20(28)26-17/h3-9,11,17H,10H2,1-2H3,(H,22,27)(H,23,24)(H,25,29)(H,26,28). The van der Waals surface area contributed by atoms with Crippen molar-refractivity contribution >= 4 is 40.1 Å². The van der Waals surface area contributed by atoms with Crippen molar-refractivity contribution in [3.8, 4) is 0 Å². The minimum Gasteiger partial charge on any atom is -0.342 e. The fourth-order valence-corrected chi connectivity index (χ4v) is 3.23. The van der Waals surface area contributed by atoms with Crippen LogP contribution >= 0.6 is 0 Å². The summed E-state index contributed by atoms with van der Waals surface area (Å²) in [5.41, 5.74) is 3.03. The van der Waals surface area contributed by atoms with Crippen LogP contribution in [0.1, 0.15) is 42.4 Å². The minimum atomic E-state index is -0.960. The Kier molecular flexibility index (Phi) is 4.75. The predicted molar refractivity (Wildman–Crippen MR) is 110 cm³/mol. The molecule has 29 heavy (non-hydrogen) atoms. The first-order valence-corrected chi connectivity index (χ1v) is 9.41. The Morgan fingerprint density at radius 2 is 1.97 bits per heavy atom. The monoisotopic (exact) mass is 391 g/mol. The molecule has 2 heterocycles. The molecule has 148 valence electrons. The molecular weight excluding hydrogens is 370 g/mol. The van der Waals surface area contributed by atoms with E-state index in [0.29, 0.717) is 16.9 Å². The molecule has 3 aromatic rings. The molecule has 1 unspecified atom stereocenters. The van der Waals surface area contributed by atoms with E-state index in [1.165, 1.54) is 0 Å². The van der Waals surface area contributed by atoms with Gasteiger partial charge in [0.05, 0.1) is 28.7 Å². The number of H-pyrrole nitrogens is 1. The van der Waals surface area contributed by atoms with E-state index in [9.17, 15) is 14.4 Å². The average Bonchev–Trinajstić information content (AvgIpc) is 3.06. The van der Waals surface area contributed by atoms with Gasteiger partial charge >= 0.3 is 0 Å². The van der Waals surface area contributed by atoms with E-state index in [1.807, 2.05) is 19.9 Å². The normalized spacial score (nSPS) is 16.2. The first kappa shape index (κ1) is 18.7. The maximum atomic E-state index is 12.5. The molecule has 0 radical (unpaired) electrons. The Labute approximate surface area is 167 Å². The molecule has 0 spiro atoms. The third-order valence-electron chi connectivity index (χ3n) is 4.77. The Morgan fingerprint density at radius 3 is 2.76 bits per heavy atom. The number of nitrogens with one attached hydrogen (secondary N) is 4. The van der Waals surface area contributed by atoms with Crippen LogP contribution in [-0.4, -0.2) is 33.7 Å². The SMILES string of the molecule is CC(C)c1nc2ccc(NC(=O)CC3NC(=O)c4ccccc4NC3=O)cc2[nH]1. The second-order valence-electron chi connectivity index (χ2n) is 7.32. The van der Waals surface area contributed by atoms with Gasteiger partial charge in [-0.2, -0.15) is 0 Å². The largest absolute Gasteiger partial charge is 0.342 e. The van der Waals surface area contributed by atoms with E-state index in [0.717, 1.165) is 16.9 Å². The Bertz CT molecular complexity index is 1120. The molecule has 1 aromatic heterocycles. The van der Waals surface area contributed by atoms with Crippen molar-refractivity contribution in [1.29, 1.82) is 0 Å². The summed E-state index contributed by atoms with van der Waals surface area (Å²) in [7, 11) is 0. The third-order valence-corrected chi connectivity index (χ3v) is 4.77. The van der Waals surface area contributed by atoms with E-state index in [4.69, 9.17) is 0 Å². The quantitative estimate of drug-likeness (QED) is 0.547. The van der Waals surface area contributed by atoms with Crippen molar-refractivity contribution in [2.24, 2.45) is 0 Å². The molecule has 0 aliphatic carbocycles. The number of anilines is 2. The van der Waals surface area contributed by atoms with Gasteiger partial charge in [-0.25, -0.2) is 4.98 Å². The molecule has 0 fully saturated rings. The van der Waals surface area contributed by atoms with Crippen LogP contribution in [0.3, 0.4) is 0 Å². The topological polar surface area (TPSA) is 116 Å². The summed E-state index contributed by atoms with van der Waals surface area (Å²) in [5.74, 6) is -0.0527. The number of nitrogens with zero attached hydrogens (tertiary/aromatic N) is 1. The Morgan fingerprint density at radius 1 is 1.17 bits per heavy atom. The lowest BCUT2D eigenvalue weighted by atomic mass is 10.1. The molecule has 0 bridgehead atoms. The van der Waals surface area contributed by atoms with Crippen LogP contribution in [0.2, 0.25) is 0 Å². The zero-order valence-electron chi connectivity index (χ0n) is 16.1. The van der Waals surface area contributed by atoms with Gasteiger partial charge in [-0.05, 0) is 30.3 Å². The molecule has 2 aromatic carbocycles. The van der Waals surface area contributed by atoms with E-state index in [1.54, 1.807) is 36.4 Å². The van der Waals surface area contributed by atoms with Crippen molar-refractivity contribution in [2.75, 3.05) is 10.6 Å². The molecule has 1 aliphatic heterocycles. The summed E-state index contributed by atoms with van der Waals surface area (Å²) in [6, 6.07) is 11.1. The number of para-hydroxylation sites is 1. The van der Waals surface area contributed by atoms with Crippen LogP contribution in [0.5, 0.6) is 0 Å². The highest BCUT2D eigenvalue weighted by Gasteiger charge is 2.29. The highest BCUT2D eigenvalue weighted by molar-refractivity contribution is 6.11. The number of aromatic nitrogens is 2. The van der Waals surface area contributed by atoms with Crippen LogP contribution in [0.15, 0.2) is 42.5 Å². The maximum Gasteiger partial charge on any atom is 0.254 e. The zero-order valence-corrected chi connectivity index (χ0v) is 16.1. The number of carbonyl (C=O) groups excluding carboxylic acids is 3. The van der Waals surface area contributed by atoms with Gasteiger partial charge in [0.2, 0.25) is 11.8 Å². The molecular formula is C21H21N5O3. The van der Waals surface area contributed by atoms with Crippen molar-refractivity contribution in [1.82, 2.24) is 15.3 Å². The molecule has 0 saturated heterocycles. The van der Waals surface area contributed by atoms with Crippen LogP contribution < -0.4 is 16.0 Å². The lowest BCUT2D eigenvalue weighted by molar-refractivity contribution is -0.122. The number of hydrogen-bond donors (Lipinski definition) is 4. The molecule has 4 rings (SSSR count). The molecule has 1 atom stereocenters. The smallest absolute Gasteiger partial charge is 0.254 e. The summed E-state index contributed by atoms with van der Waals surface area (Å²) < 4.78 is 0. The van der Waals surface area contributed by atoms with E-state index in [-0.39, 0.29) is 18.2 Å². The average molecular weight is 391 g/mol. The number of hydrogen-bond acceptors (Lipinski definition) is 4. The number of carbonyl (C=O) groups is 3. The van der Waals surface area contributed by atoms with Crippen molar-refractivity contribution in [2.45, 2.75) is 32.2 Å². The third kappa shape index (κ3) is 3.82. The summed E-state index contributed by atoms with van der Waals surface area (Å²) in [4.78, 5) is 45.0. The van der Waals surface area contributed by atoms with Gasteiger partial charge in [-0.15, -0.1) is 0 Å². The van der Waals surface area contributed by atoms with E-state index in [2.05, 4.69) is 25.9 Å². The summed E-state index contributed by atoms with van der Waals surface area (Å²) in [6.07, 6.45) is -0.177. The van der Waals surface area contributed by atoms with Crippen LogP contribution in [0, 0.1) is 0 Å². The number of rotatable bonds is 4. The van der Waals surface area contributed by atoms with Crippen molar-refractivity contribution < 1.29 is 14.4 Å². The number of amides is 3. The highest BCUT2D eigenvalue weighted by Crippen LogP contribution is 2.22. The predicted octanol–water partition coefficient (Wildman–Crippen LogP) is 2.77. The van der Waals surface area contributed by atoms with Gasteiger partial charge in [0.15, 0.2) is 0 Å². The lowest BCUT2D eigenvalue weighted by Crippen LogP contribution is -2.43. The van der Waals surface area contributed by atoms with Crippen molar-refractivity contribution in [3.63, 3.8) is 0 Å². The van der Waals surface area contributed by atoms with Crippen LogP contribution in [0.4, 0.5) is 11.4 Å². The molecule has 8 nitrogen and oxygen atoms in total. The molecule has 4 N–H and O–H groups in total. The van der Waals surface area contributed by atoms with E-state index >= 15 is 0 Å². The van der Waals surface area contributed by atoms with Crippen LogP contribution in [0.25, 0.3) is 11.0 Å². The first-order chi connectivity index (χ1) is 13.9. The second kappa shape index (κ2) is 7.38. The molecule has 1 aliphatic rings. The van der Waals surface area contributed by atoms with Crippen LogP contribution in [-0.2, 0) is 9.59 Å². The Hall–Kier alpha value is -3.68. The first-order valence-electron chi connectivity index (χ1n) is 9.41. The number of aromatic amines is 1. The van der Waals surface area contributed by atoms with Gasteiger partial charge < -0.3 is 20.9 Å². The number of benzene rings is 2. The summed E-state index contributed by atoms with van der Waals surface area (Å²) in [5, 5.41) is 8.09. The van der Waals surface area contributed by atoms with Gasteiger partial charge in [-0.1, -0.05) is 26.0 Å². The zero-order chi connectivity index (χ0) is 20.5. The number of imidazole rings is 1. The summed E-state index contributed by atoms with van der Waals surface area (Å²) in [6.45, 7) is 4.09. The Balaban J connectivity index is 1.46. The van der Waals surface area contributed by atoms with E-state index < -0.39 is 17.9 Å². The van der Waals surface area contributed by atoms with Gasteiger partial charge in [0.1, 0.15) is 11.9 Å². The lowest BCUT2D eigenvalue weighted by Gasteiger charge is -2.14.